The summed E-state index contributed by atoms with van der Waals surface area (Å²) in [6.45, 7) is 1.01. The van der Waals surface area contributed by atoms with Crippen LogP contribution in [0, 0.1) is 0 Å². The van der Waals surface area contributed by atoms with Gasteiger partial charge in [-0.05, 0) is 24.3 Å². The maximum Gasteiger partial charge on any atom is 0.240 e. The maximum atomic E-state index is 11.8. The fourth-order valence-corrected chi connectivity index (χ4v) is 2.34. The quantitative estimate of drug-likeness (QED) is 0.642. The summed E-state index contributed by atoms with van der Waals surface area (Å²) in [4.78, 5) is 0.179. The fraction of sp³-hybridized carbons (Fsp3) is 0.500. The molecule has 0 saturated heterocycles. The molecule has 0 aliphatic heterocycles. The van der Waals surface area contributed by atoms with E-state index in [2.05, 4.69) is 4.72 Å². The number of rotatable bonds is 9. The molecule has 1 rings (SSSR count). The second kappa shape index (κ2) is 8.11. The van der Waals surface area contributed by atoms with Crippen molar-refractivity contribution in [2.75, 3.05) is 33.5 Å². The van der Waals surface area contributed by atoms with Crippen LogP contribution in [-0.2, 0) is 14.8 Å². The van der Waals surface area contributed by atoms with Crippen LogP contribution in [0.2, 0.25) is 0 Å². The maximum absolute atomic E-state index is 11.8. The fourth-order valence-electron chi connectivity index (χ4n) is 1.33. The highest BCUT2D eigenvalue weighted by molar-refractivity contribution is 7.89. The molecule has 1 aromatic rings. The van der Waals surface area contributed by atoms with Crippen LogP contribution in [0.3, 0.4) is 0 Å². The monoisotopic (exact) mass is 289 g/mol. The third-order valence-electron chi connectivity index (χ3n) is 2.30. The highest BCUT2D eigenvalue weighted by Gasteiger charge is 2.12. The van der Waals surface area contributed by atoms with Gasteiger partial charge in [0.05, 0.1) is 18.1 Å². The summed E-state index contributed by atoms with van der Waals surface area (Å²) >= 11 is 0. The number of methoxy groups -OCH3 is 1. The molecular formula is C12H19NO5S. The van der Waals surface area contributed by atoms with Crippen molar-refractivity contribution in [3.05, 3.63) is 24.3 Å². The van der Waals surface area contributed by atoms with E-state index in [1.807, 2.05) is 0 Å². The third kappa shape index (κ3) is 5.56. The lowest BCUT2D eigenvalue weighted by Gasteiger charge is -2.08. The number of benzene rings is 1. The molecule has 0 aromatic heterocycles. The van der Waals surface area contributed by atoms with Gasteiger partial charge in [0.2, 0.25) is 10.0 Å². The average Bonchev–Trinajstić information content (AvgIpc) is 2.40. The summed E-state index contributed by atoms with van der Waals surface area (Å²) in [7, 11) is -1.99. The Bertz CT molecular complexity index is 458. The largest absolute Gasteiger partial charge is 0.494 e. The van der Waals surface area contributed by atoms with Crippen molar-refractivity contribution in [3.63, 3.8) is 0 Å². The minimum absolute atomic E-state index is 0.0654. The summed E-state index contributed by atoms with van der Waals surface area (Å²) in [6.07, 6.45) is 0.540. The standard InChI is InChI=1S/C12H19NO5S/c1-17-10-7-13-19(15,16)12-5-3-11(4-6-12)18-9-2-8-14/h3-6,13-14H,2,7-10H2,1H3. The van der Waals surface area contributed by atoms with Crippen LogP contribution < -0.4 is 9.46 Å². The first-order valence-electron chi connectivity index (χ1n) is 5.92. The van der Waals surface area contributed by atoms with Crippen molar-refractivity contribution in [1.82, 2.24) is 4.72 Å². The van der Waals surface area contributed by atoms with Crippen molar-refractivity contribution in [3.8, 4) is 5.75 Å². The number of nitrogens with one attached hydrogen (secondary N) is 1. The normalized spacial score (nSPS) is 11.5. The molecule has 108 valence electrons. The molecule has 0 aliphatic rings. The molecule has 0 unspecified atom stereocenters. The number of aliphatic hydroxyl groups is 1. The van der Waals surface area contributed by atoms with E-state index in [0.29, 0.717) is 25.4 Å². The number of aliphatic hydroxyl groups excluding tert-OH is 1. The Morgan fingerprint density at radius 2 is 1.89 bits per heavy atom. The molecular weight excluding hydrogens is 270 g/mol. The number of ether oxygens (including phenoxy) is 2. The molecule has 0 aliphatic carbocycles. The average molecular weight is 289 g/mol. The van der Waals surface area contributed by atoms with Crippen LogP contribution in [0.25, 0.3) is 0 Å². The lowest BCUT2D eigenvalue weighted by molar-refractivity contribution is 0.204. The second-order valence-electron chi connectivity index (χ2n) is 3.79. The Labute approximate surface area is 113 Å². The number of sulfonamides is 1. The van der Waals surface area contributed by atoms with E-state index in [4.69, 9.17) is 14.6 Å². The minimum atomic E-state index is -3.50. The molecule has 19 heavy (non-hydrogen) atoms. The topological polar surface area (TPSA) is 84.9 Å². The Balaban J connectivity index is 2.59. The van der Waals surface area contributed by atoms with E-state index in [-0.39, 0.29) is 18.0 Å². The Morgan fingerprint density at radius 3 is 2.47 bits per heavy atom. The van der Waals surface area contributed by atoms with Crippen molar-refractivity contribution < 1.29 is 23.0 Å². The predicted molar refractivity (Wildman–Crippen MR) is 70.7 cm³/mol. The smallest absolute Gasteiger partial charge is 0.240 e. The van der Waals surface area contributed by atoms with Crippen molar-refractivity contribution in [1.29, 1.82) is 0 Å². The van der Waals surface area contributed by atoms with Crippen LogP contribution in [-0.4, -0.2) is 47.0 Å². The van der Waals surface area contributed by atoms with E-state index in [0.717, 1.165) is 0 Å². The Hall–Kier alpha value is -1.15. The summed E-state index contributed by atoms with van der Waals surface area (Å²) < 4.78 is 36.2. The zero-order valence-corrected chi connectivity index (χ0v) is 11.6. The van der Waals surface area contributed by atoms with Gasteiger partial charge in [-0.3, -0.25) is 0 Å². The Kier molecular flexibility index (Phi) is 6.79. The third-order valence-corrected chi connectivity index (χ3v) is 3.78. The van der Waals surface area contributed by atoms with Crippen LogP contribution in [0.5, 0.6) is 5.75 Å². The van der Waals surface area contributed by atoms with Crippen LogP contribution in [0.1, 0.15) is 6.42 Å². The molecule has 0 bridgehead atoms. The van der Waals surface area contributed by atoms with Crippen LogP contribution >= 0.6 is 0 Å². The van der Waals surface area contributed by atoms with Gasteiger partial charge in [-0.15, -0.1) is 0 Å². The van der Waals surface area contributed by atoms with Crippen LogP contribution in [0.4, 0.5) is 0 Å². The first-order chi connectivity index (χ1) is 9.10. The molecule has 0 heterocycles. The van der Waals surface area contributed by atoms with Gasteiger partial charge < -0.3 is 14.6 Å². The molecule has 6 nitrogen and oxygen atoms in total. The first-order valence-corrected chi connectivity index (χ1v) is 7.41. The highest BCUT2D eigenvalue weighted by Crippen LogP contribution is 2.15. The van der Waals surface area contributed by atoms with Gasteiger partial charge in [0.25, 0.3) is 0 Å². The summed E-state index contributed by atoms with van der Waals surface area (Å²) in [6, 6.07) is 6.12. The zero-order chi connectivity index (χ0) is 14.1. The molecule has 7 heteroatoms. The lowest BCUT2D eigenvalue weighted by Crippen LogP contribution is -2.27. The number of hydrogen-bond acceptors (Lipinski definition) is 5. The molecule has 0 spiro atoms. The SMILES string of the molecule is COCCNS(=O)(=O)c1ccc(OCCCO)cc1. The van der Waals surface area contributed by atoms with Gasteiger partial charge in [-0.2, -0.15) is 0 Å². The summed E-state index contributed by atoms with van der Waals surface area (Å²) in [5.41, 5.74) is 0. The van der Waals surface area contributed by atoms with Crippen molar-refractivity contribution >= 4 is 10.0 Å². The molecule has 0 fully saturated rings. The van der Waals surface area contributed by atoms with Gasteiger partial charge >= 0.3 is 0 Å². The number of hydrogen-bond donors (Lipinski definition) is 2. The zero-order valence-electron chi connectivity index (χ0n) is 10.8. The lowest BCUT2D eigenvalue weighted by atomic mass is 10.3. The Morgan fingerprint density at radius 1 is 1.21 bits per heavy atom. The molecule has 2 N–H and O–H groups in total. The molecule has 0 amide bonds. The van der Waals surface area contributed by atoms with E-state index in [1.165, 1.54) is 19.2 Å². The highest BCUT2D eigenvalue weighted by atomic mass is 32.2. The molecule has 0 saturated carbocycles. The van der Waals surface area contributed by atoms with E-state index < -0.39 is 10.0 Å². The van der Waals surface area contributed by atoms with Gasteiger partial charge in [0, 0.05) is 26.7 Å². The van der Waals surface area contributed by atoms with E-state index >= 15 is 0 Å². The van der Waals surface area contributed by atoms with E-state index in [9.17, 15) is 8.42 Å². The minimum Gasteiger partial charge on any atom is -0.494 e. The van der Waals surface area contributed by atoms with Gasteiger partial charge in [0.15, 0.2) is 0 Å². The molecule has 1 aromatic carbocycles. The van der Waals surface area contributed by atoms with Crippen molar-refractivity contribution in [2.24, 2.45) is 0 Å². The van der Waals surface area contributed by atoms with Gasteiger partial charge in [0.1, 0.15) is 5.75 Å². The van der Waals surface area contributed by atoms with Crippen LogP contribution in [0.15, 0.2) is 29.2 Å². The predicted octanol–water partition coefficient (Wildman–Crippen LogP) is 0.372. The summed E-state index contributed by atoms with van der Waals surface area (Å²) in [5.74, 6) is 0.573. The molecule has 0 radical (unpaired) electrons. The molecule has 0 atom stereocenters. The van der Waals surface area contributed by atoms with Crippen molar-refractivity contribution in [2.45, 2.75) is 11.3 Å². The van der Waals surface area contributed by atoms with Gasteiger partial charge in [-0.25, -0.2) is 13.1 Å². The second-order valence-corrected chi connectivity index (χ2v) is 5.55. The van der Waals surface area contributed by atoms with E-state index in [1.54, 1.807) is 12.1 Å². The first kappa shape index (κ1) is 15.9. The van der Waals surface area contributed by atoms with Gasteiger partial charge in [-0.1, -0.05) is 0 Å². The summed E-state index contributed by atoms with van der Waals surface area (Å²) in [5, 5.41) is 8.62.